The monoisotopic (exact) mass is 350 g/mol. The first-order valence-electron chi connectivity index (χ1n) is 9.27. The number of rotatable bonds is 7. The Labute approximate surface area is 155 Å². The van der Waals surface area contributed by atoms with Crippen molar-refractivity contribution in [2.24, 2.45) is 5.92 Å². The molecule has 136 valence electrons. The van der Waals surface area contributed by atoms with Crippen LogP contribution in [0.2, 0.25) is 0 Å². The quantitative estimate of drug-likeness (QED) is 0.780. The van der Waals surface area contributed by atoms with Gasteiger partial charge in [0.05, 0.1) is 5.92 Å². The zero-order valence-corrected chi connectivity index (χ0v) is 15.3. The first-order valence-corrected chi connectivity index (χ1v) is 9.27. The number of hydrogen-bond acceptors (Lipinski definition) is 2. The van der Waals surface area contributed by atoms with Gasteiger partial charge in [0, 0.05) is 26.1 Å². The van der Waals surface area contributed by atoms with Gasteiger partial charge in [0.15, 0.2) is 0 Å². The largest absolute Gasteiger partial charge is 0.356 e. The summed E-state index contributed by atoms with van der Waals surface area (Å²) in [6, 6.07) is 18.4. The number of carbonyl (C=O) groups is 2. The lowest BCUT2D eigenvalue weighted by Crippen LogP contribution is -2.33. The van der Waals surface area contributed by atoms with Crippen molar-refractivity contribution >= 4 is 11.8 Å². The number of hydrogen-bond donors (Lipinski definition) is 1. The molecule has 0 saturated carbocycles. The molecule has 2 aromatic rings. The zero-order valence-electron chi connectivity index (χ0n) is 15.3. The fourth-order valence-electron chi connectivity index (χ4n) is 3.42. The van der Waals surface area contributed by atoms with E-state index in [9.17, 15) is 9.59 Å². The average molecular weight is 350 g/mol. The highest BCUT2D eigenvalue weighted by molar-refractivity contribution is 5.89. The molecule has 1 fully saturated rings. The zero-order chi connectivity index (χ0) is 18.4. The van der Waals surface area contributed by atoms with Gasteiger partial charge in [0.25, 0.3) is 0 Å². The molecule has 0 aromatic heterocycles. The van der Waals surface area contributed by atoms with Gasteiger partial charge in [-0.1, -0.05) is 60.2 Å². The highest BCUT2D eigenvalue weighted by Gasteiger charge is 2.33. The van der Waals surface area contributed by atoms with Crippen molar-refractivity contribution in [3.05, 3.63) is 71.3 Å². The van der Waals surface area contributed by atoms with Gasteiger partial charge in [-0.25, -0.2) is 0 Å². The van der Waals surface area contributed by atoms with Gasteiger partial charge in [0.2, 0.25) is 11.8 Å². The second-order valence-electron chi connectivity index (χ2n) is 7.04. The lowest BCUT2D eigenvalue weighted by molar-refractivity contribution is -0.129. The van der Waals surface area contributed by atoms with Crippen LogP contribution in [0.5, 0.6) is 0 Å². The van der Waals surface area contributed by atoms with Crippen LogP contribution < -0.4 is 5.32 Å². The van der Waals surface area contributed by atoms with Gasteiger partial charge in [-0.05, 0) is 30.9 Å². The number of likely N-dealkylation sites (tertiary alicyclic amines) is 1. The summed E-state index contributed by atoms with van der Waals surface area (Å²) < 4.78 is 0. The summed E-state index contributed by atoms with van der Waals surface area (Å²) in [6.07, 6.45) is 2.17. The number of nitrogens with one attached hydrogen (secondary N) is 1. The molecule has 2 amide bonds. The Bertz CT molecular complexity index is 758. The van der Waals surface area contributed by atoms with E-state index in [1.807, 2.05) is 43.3 Å². The summed E-state index contributed by atoms with van der Waals surface area (Å²) >= 11 is 0. The summed E-state index contributed by atoms with van der Waals surface area (Å²) in [4.78, 5) is 26.4. The fraction of sp³-hybridized carbons (Fsp3) is 0.364. The molecular weight excluding hydrogens is 324 g/mol. The second-order valence-corrected chi connectivity index (χ2v) is 7.04. The van der Waals surface area contributed by atoms with Crippen LogP contribution in [0.3, 0.4) is 0 Å². The van der Waals surface area contributed by atoms with E-state index in [1.165, 1.54) is 11.1 Å². The van der Waals surface area contributed by atoms with Gasteiger partial charge < -0.3 is 10.2 Å². The van der Waals surface area contributed by atoms with Crippen molar-refractivity contribution in [1.82, 2.24) is 10.2 Å². The van der Waals surface area contributed by atoms with Gasteiger partial charge >= 0.3 is 0 Å². The molecule has 0 radical (unpaired) electrons. The van der Waals surface area contributed by atoms with Crippen molar-refractivity contribution < 1.29 is 9.59 Å². The van der Waals surface area contributed by atoms with Gasteiger partial charge in [-0.2, -0.15) is 0 Å². The Morgan fingerprint density at radius 2 is 1.88 bits per heavy atom. The second kappa shape index (κ2) is 8.65. The van der Waals surface area contributed by atoms with Gasteiger partial charge in [-0.15, -0.1) is 0 Å². The number of carbonyl (C=O) groups excluding carboxylic acids is 2. The van der Waals surface area contributed by atoms with Crippen molar-refractivity contribution in [2.45, 2.75) is 32.7 Å². The van der Waals surface area contributed by atoms with Crippen LogP contribution in [0.15, 0.2) is 54.6 Å². The smallest absolute Gasteiger partial charge is 0.225 e. The van der Waals surface area contributed by atoms with Crippen molar-refractivity contribution in [3.8, 4) is 0 Å². The molecule has 0 bridgehead atoms. The third-order valence-corrected chi connectivity index (χ3v) is 4.83. The fourth-order valence-corrected chi connectivity index (χ4v) is 3.42. The van der Waals surface area contributed by atoms with E-state index >= 15 is 0 Å². The Morgan fingerprint density at radius 3 is 2.65 bits per heavy atom. The van der Waals surface area contributed by atoms with E-state index in [1.54, 1.807) is 4.90 Å². The predicted octanol–water partition coefficient (Wildman–Crippen LogP) is 3.09. The lowest BCUT2D eigenvalue weighted by atomic mass is 10.1. The molecule has 0 aliphatic carbocycles. The minimum absolute atomic E-state index is 0.00171. The average Bonchev–Trinajstić information content (AvgIpc) is 3.00. The molecule has 2 aromatic carbocycles. The SMILES string of the molecule is Cc1cccc(CN2CC(C(=O)NCCCc3ccccc3)CC2=O)c1. The van der Waals surface area contributed by atoms with E-state index in [0.29, 0.717) is 26.1 Å². The molecule has 1 heterocycles. The molecule has 4 nitrogen and oxygen atoms in total. The van der Waals surface area contributed by atoms with E-state index in [-0.39, 0.29) is 17.7 Å². The predicted molar refractivity (Wildman–Crippen MR) is 102 cm³/mol. The van der Waals surface area contributed by atoms with Crippen molar-refractivity contribution in [3.63, 3.8) is 0 Å². The van der Waals surface area contributed by atoms with Crippen LogP contribution >= 0.6 is 0 Å². The Kier molecular flexibility index (Phi) is 6.05. The van der Waals surface area contributed by atoms with E-state index in [2.05, 4.69) is 23.5 Å². The Balaban J connectivity index is 1.43. The van der Waals surface area contributed by atoms with Crippen LogP contribution in [-0.2, 0) is 22.6 Å². The first kappa shape index (κ1) is 18.2. The molecule has 1 unspecified atom stereocenters. The topological polar surface area (TPSA) is 49.4 Å². The lowest BCUT2D eigenvalue weighted by Gasteiger charge is -2.17. The maximum Gasteiger partial charge on any atom is 0.225 e. The molecule has 0 spiro atoms. The van der Waals surface area contributed by atoms with E-state index in [0.717, 1.165) is 18.4 Å². The molecule has 1 aliphatic rings. The van der Waals surface area contributed by atoms with Crippen LogP contribution in [0.25, 0.3) is 0 Å². The Morgan fingerprint density at radius 1 is 1.12 bits per heavy atom. The molecule has 3 rings (SSSR count). The van der Waals surface area contributed by atoms with Crippen LogP contribution in [0, 0.1) is 12.8 Å². The maximum atomic E-state index is 12.4. The number of amides is 2. The minimum Gasteiger partial charge on any atom is -0.356 e. The summed E-state index contributed by atoms with van der Waals surface area (Å²) in [5.41, 5.74) is 3.58. The number of aryl methyl sites for hydroxylation is 2. The molecule has 1 atom stereocenters. The molecule has 1 N–H and O–H groups in total. The number of nitrogens with zero attached hydrogens (tertiary/aromatic N) is 1. The third kappa shape index (κ3) is 4.94. The van der Waals surface area contributed by atoms with Crippen molar-refractivity contribution in [1.29, 1.82) is 0 Å². The van der Waals surface area contributed by atoms with E-state index < -0.39 is 0 Å². The van der Waals surface area contributed by atoms with Gasteiger partial charge in [-0.3, -0.25) is 9.59 Å². The molecule has 1 aliphatic heterocycles. The highest BCUT2D eigenvalue weighted by atomic mass is 16.2. The van der Waals surface area contributed by atoms with Crippen LogP contribution in [0.1, 0.15) is 29.5 Å². The minimum atomic E-state index is -0.232. The summed E-state index contributed by atoms with van der Waals surface area (Å²) in [7, 11) is 0. The molecule has 4 heteroatoms. The third-order valence-electron chi connectivity index (χ3n) is 4.83. The summed E-state index contributed by atoms with van der Waals surface area (Å²) in [5, 5.41) is 2.99. The van der Waals surface area contributed by atoms with E-state index in [4.69, 9.17) is 0 Å². The first-order chi connectivity index (χ1) is 12.6. The van der Waals surface area contributed by atoms with Crippen molar-refractivity contribution in [2.75, 3.05) is 13.1 Å². The highest BCUT2D eigenvalue weighted by Crippen LogP contribution is 2.20. The maximum absolute atomic E-state index is 12.4. The number of benzene rings is 2. The molecular formula is C22H26N2O2. The van der Waals surface area contributed by atoms with Crippen LogP contribution in [0.4, 0.5) is 0 Å². The molecule has 26 heavy (non-hydrogen) atoms. The van der Waals surface area contributed by atoms with Crippen LogP contribution in [-0.4, -0.2) is 29.8 Å². The normalized spacial score (nSPS) is 16.7. The summed E-state index contributed by atoms with van der Waals surface area (Å²) in [5.74, 6) is -0.168. The summed E-state index contributed by atoms with van der Waals surface area (Å²) in [6.45, 7) is 3.78. The van der Waals surface area contributed by atoms with Gasteiger partial charge in [0.1, 0.15) is 0 Å². The standard InChI is InChI=1S/C22H26N2O2/c1-17-7-5-10-19(13-17)15-24-16-20(14-21(24)25)22(26)23-12-6-11-18-8-3-2-4-9-18/h2-5,7-10,13,20H,6,11-12,14-16H2,1H3,(H,23,26). The molecule has 1 saturated heterocycles. The Hall–Kier alpha value is -2.62.